The monoisotopic (exact) mass is 253 g/mol. The van der Waals surface area contributed by atoms with Crippen molar-refractivity contribution in [2.24, 2.45) is 5.73 Å². The van der Waals surface area contributed by atoms with Crippen molar-refractivity contribution in [3.63, 3.8) is 0 Å². The Hall–Kier alpha value is -1.33. The topological polar surface area (TPSA) is 61.5 Å². The van der Waals surface area contributed by atoms with Crippen LogP contribution >= 0.6 is 12.2 Å². The normalized spacial score (nSPS) is 10.5. The van der Waals surface area contributed by atoms with Crippen LogP contribution in [0, 0.1) is 0 Å². The van der Waals surface area contributed by atoms with Crippen LogP contribution in [0.25, 0.3) is 0 Å². The number of hydrogen-bond donors (Lipinski definition) is 3. The lowest BCUT2D eigenvalue weighted by Gasteiger charge is -2.19. The molecule has 4 nitrogen and oxygen atoms in total. The zero-order valence-electron chi connectivity index (χ0n) is 10.2. The summed E-state index contributed by atoms with van der Waals surface area (Å²) in [5, 5.41) is 12.9. The lowest BCUT2D eigenvalue weighted by Crippen LogP contribution is -2.22. The van der Waals surface area contributed by atoms with E-state index < -0.39 is 0 Å². The van der Waals surface area contributed by atoms with Gasteiger partial charge in [0.05, 0.1) is 0 Å². The number of rotatable bonds is 5. The van der Waals surface area contributed by atoms with Crippen LogP contribution in [-0.2, 0) is 6.54 Å². The van der Waals surface area contributed by atoms with Crippen LogP contribution in [0.15, 0.2) is 18.2 Å². The summed E-state index contributed by atoms with van der Waals surface area (Å²) < 4.78 is 0. The highest BCUT2D eigenvalue weighted by Crippen LogP contribution is 2.22. The van der Waals surface area contributed by atoms with Crippen LogP contribution in [0.2, 0.25) is 0 Å². The van der Waals surface area contributed by atoms with Crippen molar-refractivity contribution in [1.82, 2.24) is 4.90 Å². The molecule has 0 atom stereocenters. The number of anilines is 1. The molecule has 1 aromatic rings. The predicted octanol–water partition coefficient (Wildman–Crippen LogP) is 1.89. The van der Waals surface area contributed by atoms with Crippen molar-refractivity contribution in [2.45, 2.75) is 20.4 Å². The van der Waals surface area contributed by atoms with Gasteiger partial charge in [0.15, 0.2) is 5.11 Å². The summed E-state index contributed by atoms with van der Waals surface area (Å²) in [6, 6.07) is 5.27. The van der Waals surface area contributed by atoms with Gasteiger partial charge in [-0.1, -0.05) is 13.8 Å². The second kappa shape index (κ2) is 6.42. The molecular formula is C12H19N3OS. The van der Waals surface area contributed by atoms with E-state index in [1.165, 1.54) is 0 Å². The fraction of sp³-hybridized carbons (Fsp3) is 0.417. The Labute approximate surface area is 107 Å². The van der Waals surface area contributed by atoms with E-state index in [-0.39, 0.29) is 5.11 Å². The van der Waals surface area contributed by atoms with E-state index in [2.05, 4.69) is 24.1 Å². The Bertz CT molecular complexity index is 391. The van der Waals surface area contributed by atoms with Gasteiger partial charge in [-0.2, -0.15) is 0 Å². The van der Waals surface area contributed by atoms with E-state index in [1.54, 1.807) is 12.1 Å². The Morgan fingerprint density at radius 3 is 2.59 bits per heavy atom. The molecule has 4 N–H and O–H groups in total. The minimum atomic E-state index is 0.226. The molecular weight excluding hydrogens is 234 g/mol. The van der Waals surface area contributed by atoms with E-state index in [1.807, 2.05) is 6.07 Å². The average molecular weight is 253 g/mol. The number of aromatic hydroxyl groups is 1. The van der Waals surface area contributed by atoms with Gasteiger partial charge in [0, 0.05) is 17.8 Å². The van der Waals surface area contributed by atoms with Crippen molar-refractivity contribution >= 4 is 23.0 Å². The lowest BCUT2D eigenvalue weighted by atomic mass is 10.1. The lowest BCUT2D eigenvalue weighted by molar-refractivity contribution is 0.291. The van der Waals surface area contributed by atoms with Gasteiger partial charge in [-0.25, -0.2) is 0 Å². The number of thiocarbonyl (C=S) groups is 1. The summed E-state index contributed by atoms with van der Waals surface area (Å²) in [4.78, 5) is 2.22. The first-order chi connectivity index (χ1) is 8.06. The number of hydrogen-bond acceptors (Lipinski definition) is 3. The van der Waals surface area contributed by atoms with Gasteiger partial charge >= 0.3 is 0 Å². The molecule has 94 valence electrons. The summed E-state index contributed by atoms with van der Waals surface area (Å²) in [5.74, 6) is 0.297. The fourth-order valence-corrected chi connectivity index (χ4v) is 1.74. The molecule has 0 fully saturated rings. The number of phenols is 1. The molecule has 0 aliphatic rings. The van der Waals surface area contributed by atoms with Gasteiger partial charge in [-0.05, 0) is 43.5 Å². The molecule has 0 saturated heterocycles. The zero-order chi connectivity index (χ0) is 12.8. The molecule has 0 bridgehead atoms. The van der Waals surface area contributed by atoms with Gasteiger partial charge in [-0.15, -0.1) is 0 Å². The first kappa shape index (κ1) is 13.7. The maximum Gasteiger partial charge on any atom is 0.168 e. The fourth-order valence-electron chi connectivity index (χ4n) is 1.62. The first-order valence-corrected chi connectivity index (χ1v) is 6.08. The standard InChI is InChI=1S/C12H19N3OS/c1-3-15(4-2)8-9-7-10(14-12(13)17)5-6-11(9)16/h5-7,16H,3-4,8H2,1-2H3,(H3,13,14,17). The highest BCUT2D eigenvalue weighted by Gasteiger charge is 2.07. The molecule has 0 heterocycles. The number of benzene rings is 1. The summed E-state index contributed by atoms with van der Waals surface area (Å²) in [7, 11) is 0. The van der Waals surface area contributed by atoms with Gasteiger partial charge in [0.25, 0.3) is 0 Å². The molecule has 1 aromatic carbocycles. The van der Waals surface area contributed by atoms with Crippen LogP contribution in [0.3, 0.4) is 0 Å². The van der Waals surface area contributed by atoms with Gasteiger partial charge in [0.1, 0.15) is 5.75 Å². The Morgan fingerprint density at radius 1 is 1.41 bits per heavy atom. The molecule has 0 spiro atoms. The molecule has 17 heavy (non-hydrogen) atoms. The predicted molar refractivity (Wildman–Crippen MR) is 75.1 cm³/mol. The second-order valence-electron chi connectivity index (χ2n) is 3.79. The van der Waals surface area contributed by atoms with Crippen molar-refractivity contribution in [1.29, 1.82) is 0 Å². The van der Waals surface area contributed by atoms with Crippen LogP contribution < -0.4 is 11.1 Å². The number of nitrogens with one attached hydrogen (secondary N) is 1. The average Bonchev–Trinajstić information content (AvgIpc) is 2.29. The largest absolute Gasteiger partial charge is 0.508 e. The maximum absolute atomic E-state index is 9.79. The Kier molecular flexibility index (Phi) is 5.18. The number of phenolic OH excluding ortho intramolecular Hbond substituents is 1. The summed E-state index contributed by atoms with van der Waals surface area (Å²) >= 11 is 4.78. The van der Waals surface area contributed by atoms with Crippen molar-refractivity contribution in [3.8, 4) is 5.75 Å². The highest BCUT2D eigenvalue weighted by atomic mass is 32.1. The molecule has 0 radical (unpaired) electrons. The third-order valence-corrected chi connectivity index (χ3v) is 2.74. The smallest absolute Gasteiger partial charge is 0.168 e. The molecule has 1 rings (SSSR count). The van der Waals surface area contributed by atoms with E-state index in [9.17, 15) is 5.11 Å². The number of nitrogens with two attached hydrogens (primary N) is 1. The zero-order valence-corrected chi connectivity index (χ0v) is 11.0. The van der Waals surface area contributed by atoms with Crippen molar-refractivity contribution in [3.05, 3.63) is 23.8 Å². The van der Waals surface area contributed by atoms with Gasteiger partial charge < -0.3 is 16.2 Å². The minimum Gasteiger partial charge on any atom is -0.508 e. The minimum absolute atomic E-state index is 0.226. The maximum atomic E-state index is 9.79. The van der Waals surface area contributed by atoms with E-state index in [0.717, 1.165) is 24.3 Å². The highest BCUT2D eigenvalue weighted by molar-refractivity contribution is 7.80. The molecule has 0 aliphatic carbocycles. The van der Waals surface area contributed by atoms with Gasteiger partial charge in [0.2, 0.25) is 0 Å². The first-order valence-electron chi connectivity index (χ1n) is 5.67. The molecule has 0 amide bonds. The van der Waals surface area contributed by atoms with E-state index >= 15 is 0 Å². The van der Waals surface area contributed by atoms with Crippen molar-refractivity contribution < 1.29 is 5.11 Å². The molecule has 0 unspecified atom stereocenters. The third kappa shape index (κ3) is 4.20. The van der Waals surface area contributed by atoms with Crippen molar-refractivity contribution in [2.75, 3.05) is 18.4 Å². The van der Waals surface area contributed by atoms with Crippen LogP contribution in [0.4, 0.5) is 5.69 Å². The third-order valence-electron chi connectivity index (χ3n) is 2.64. The van der Waals surface area contributed by atoms with Crippen LogP contribution in [0.1, 0.15) is 19.4 Å². The molecule has 0 saturated carbocycles. The number of nitrogens with zero attached hydrogens (tertiary/aromatic N) is 1. The molecule has 0 aliphatic heterocycles. The van der Waals surface area contributed by atoms with Gasteiger partial charge in [-0.3, -0.25) is 4.90 Å². The van der Waals surface area contributed by atoms with Crippen LogP contribution in [0.5, 0.6) is 5.75 Å². The summed E-state index contributed by atoms with van der Waals surface area (Å²) in [5.41, 5.74) is 7.09. The Balaban J connectivity index is 2.86. The Morgan fingerprint density at radius 2 is 2.06 bits per heavy atom. The van der Waals surface area contributed by atoms with E-state index in [4.69, 9.17) is 18.0 Å². The SMILES string of the molecule is CCN(CC)Cc1cc(NC(N)=S)ccc1O. The summed E-state index contributed by atoms with van der Waals surface area (Å²) in [6.45, 7) is 6.80. The second-order valence-corrected chi connectivity index (χ2v) is 4.23. The van der Waals surface area contributed by atoms with Crippen LogP contribution in [-0.4, -0.2) is 28.2 Å². The molecule has 5 heteroatoms. The quantitative estimate of drug-likeness (QED) is 0.552. The molecule has 0 aromatic heterocycles. The summed E-state index contributed by atoms with van der Waals surface area (Å²) in [6.07, 6.45) is 0. The van der Waals surface area contributed by atoms with E-state index in [0.29, 0.717) is 12.3 Å².